The number of hydrogen-bond acceptors (Lipinski definition) is 4. The van der Waals surface area contributed by atoms with Crippen molar-refractivity contribution in [2.45, 2.75) is 33.8 Å². The minimum Gasteiger partial charge on any atom is -0.507 e. The van der Waals surface area contributed by atoms with Crippen molar-refractivity contribution in [3.8, 4) is 17.0 Å². The van der Waals surface area contributed by atoms with E-state index in [0.29, 0.717) is 23.5 Å². The molecule has 0 aliphatic rings. The fourth-order valence-corrected chi connectivity index (χ4v) is 2.68. The Hall–Kier alpha value is -2.34. The first kappa shape index (κ1) is 18.0. The lowest BCUT2D eigenvalue weighted by molar-refractivity contribution is 0.0138. The summed E-state index contributed by atoms with van der Waals surface area (Å²) in [7, 11) is 0. The number of aromatic hydroxyl groups is 1. The molecule has 6 heteroatoms. The van der Waals surface area contributed by atoms with Gasteiger partial charge in [-0.3, -0.25) is 9.89 Å². The monoisotopic (exact) mass is 331 g/mol. The fourth-order valence-electron chi connectivity index (χ4n) is 2.68. The Morgan fingerprint density at radius 2 is 2.00 bits per heavy atom. The summed E-state index contributed by atoms with van der Waals surface area (Å²) in [5.41, 5.74) is 0.927. The van der Waals surface area contributed by atoms with Crippen LogP contribution in [-0.2, 0) is 0 Å². The second kappa shape index (κ2) is 7.05. The van der Waals surface area contributed by atoms with Crippen molar-refractivity contribution >= 4 is 5.91 Å². The SMILES string of the molecule is CC(C)C(O)C(C)(C)CNC(=O)c1cc(-c2ccccc2O)n[nH]1. The van der Waals surface area contributed by atoms with Crippen LogP contribution < -0.4 is 5.32 Å². The lowest BCUT2D eigenvalue weighted by Crippen LogP contribution is -2.43. The number of amides is 1. The van der Waals surface area contributed by atoms with E-state index in [2.05, 4.69) is 15.5 Å². The number of aromatic nitrogens is 2. The van der Waals surface area contributed by atoms with Gasteiger partial charge < -0.3 is 15.5 Å². The summed E-state index contributed by atoms with van der Waals surface area (Å²) in [5, 5.41) is 29.7. The van der Waals surface area contributed by atoms with Crippen LogP contribution in [0.15, 0.2) is 30.3 Å². The molecule has 1 amide bonds. The molecule has 2 rings (SSSR count). The van der Waals surface area contributed by atoms with Crippen LogP contribution in [0.1, 0.15) is 38.2 Å². The summed E-state index contributed by atoms with van der Waals surface area (Å²) >= 11 is 0. The second-order valence-electron chi connectivity index (χ2n) is 7.04. The van der Waals surface area contributed by atoms with Crippen molar-refractivity contribution < 1.29 is 15.0 Å². The average molecular weight is 331 g/mol. The predicted molar refractivity (Wildman–Crippen MR) is 92.6 cm³/mol. The highest BCUT2D eigenvalue weighted by atomic mass is 16.3. The van der Waals surface area contributed by atoms with Crippen LogP contribution in [0.4, 0.5) is 0 Å². The molecule has 1 heterocycles. The second-order valence-corrected chi connectivity index (χ2v) is 7.04. The van der Waals surface area contributed by atoms with Crippen LogP contribution in [0.3, 0.4) is 0 Å². The number of aliphatic hydroxyl groups excluding tert-OH is 1. The van der Waals surface area contributed by atoms with Crippen molar-refractivity contribution in [1.29, 1.82) is 0 Å². The van der Waals surface area contributed by atoms with Crippen LogP contribution in [0.2, 0.25) is 0 Å². The summed E-state index contributed by atoms with van der Waals surface area (Å²) < 4.78 is 0. The van der Waals surface area contributed by atoms with Gasteiger partial charge in [-0.15, -0.1) is 0 Å². The van der Waals surface area contributed by atoms with E-state index in [-0.39, 0.29) is 17.6 Å². The fraction of sp³-hybridized carbons (Fsp3) is 0.444. The molecule has 6 nitrogen and oxygen atoms in total. The number of nitrogens with zero attached hydrogens (tertiary/aromatic N) is 1. The molecule has 4 N–H and O–H groups in total. The molecule has 1 aromatic carbocycles. The van der Waals surface area contributed by atoms with Crippen LogP contribution in [0.25, 0.3) is 11.3 Å². The number of phenolic OH excluding ortho intramolecular Hbond substituents is 1. The van der Waals surface area contributed by atoms with E-state index < -0.39 is 11.5 Å². The van der Waals surface area contributed by atoms with E-state index in [0.717, 1.165) is 0 Å². The van der Waals surface area contributed by atoms with Gasteiger partial charge in [0.25, 0.3) is 5.91 Å². The van der Waals surface area contributed by atoms with Gasteiger partial charge in [0, 0.05) is 17.5 Å². The molecule has 0 fully saturated rings. The molecule has 0 spiro atoms. The first-order valence-corrected chi connectivity index (χ1v) is 8.02. The molecule has 24 heavy (non-hydrogen) atoms. The lowest BCUT2D eigenvalue weighted by atomic mass is 9.80. The molecule has 2 aromatic rings. The maximum Gasteiger partial charge on any atom is 0.269 e. The van der Waals surface area contributed by atoms with Crippen LogP contribution in [0, 0.1) is 11.3 Å². The van der Waals surface area contributed by atoms with E-state index in [4.69, 9.17) is 0 Å². The average Bonchev–Trinajstić information content (AvgIpc) is 3.02. The summed E-state index contributed by atoms with van der Waals surface area (Å²) in [6, 6.07) is 8.41. The number of aliphatic hydroxyl groups is 1. The van der Waals surface area contributed by atoms with Gasteiger partial charge in [-0.1, -0.05) is 39.8 Å². The Morgan fingerprint density at radius 3 is 2.62 bits per heavy atom. The van der Waals surface area contributed by atoms with E-state index in [1.54, 1.807) is 30.3 Å². The quantitative estimate of drug-likeness (QED) is 0.654. The van der Waals surface area contributed by atoms with Gasteiger partial charge in [-0.2, -0.15) is 5.10 Å². The number of aromatic amines is 1. The highest BCUT2D eigenvalue weighted by Crippen LogP contribution is 2.28. The molecule has 0 aliphatic heterocycles. The van der Waals surface area contributed by atoms with E-state index in [1.807, 2.05) is 27.7 Å². The third-order valence-electron chi connectivity index (χ3n) is 4.14. The highest BCUT2D eigenvalue weighted by Gasteiger charge is 2.30. The molecule has 1 unspecified atom stereocenters. The van der Waals surface area contributed by atoms with Crippen molar-refractivity contribution in [2.75, 3.05) is 6.54 Å². The molecule has 1 atom stereocenters. The molecule has 0 radical (unpaired) electrons. The van der Waals surface area contributed by atoms with Crippen molar-refractivity contribution in [1.82, 2.24) is 15.5 Å². The number of benzene rings is 1. The smallest absolute Gasteiger partial charge is 0.269 e. The van der Waals surface area contributed by atoms with Crippen molar-refractivity contribution in [3.63, 3.8) is 0 Å². The van der Waals surface area contributed by atoms with Crippen LogP contribution >= 0.6 is 0 Å². The third kappa shape index (κ3) is 3.94. The lowest BCUT2D eigenvalue weighted by Gasteiger charge is -2.33. The van der Waals surface area contributed by atoms with Crippen LogP contribution in [-0.4, -0.2) is 39.0 Å². The number of carbonyl (C=O) groups is 1. The van der Waals surface area contributed by atoms with Crippen molar-refractivity contribution in [2.24, 2.45) is 11.3 Å². The normalized spacial score (nSPS) is 13.1. The number of carbonyl (C=O) groups excluding carboxylic acids is 1. The molecule has 0 saturated heterocycles. The molecule has 0 bridgehead atoms. The molecule has 1 aromatic heterocycles. The Kier molecular flexibility index (Phi) is 5.29. The molecular weight excluding hydrogens is 306 g/mol. The largest absolute Gasteiger partial charge is 0.507 e. The Labute approximate surface area is 141 Å². The molecule has 130 valence electrons. The minimum atomic E-state index is -0.517. The maximum atomic E-state index is 12.3. The van der Waals surface area contributed by atoms with E-state index in [9.17, 15) is 15.0 Å². The predicted octanol–water partition coefficient (Wildman–Crippen LogP) is 2.56. The zero-order valence-corrected chi connectivity index (χ0v) is 14.5. The number of hydrogen-bond donors (Lipinski definition) is 4. The molecule has 0 aliphatic carbocycles. The summed E-state index contributed by atoms with van der Waals surface area (Å²) in [4.78, 5) is 12.3. The number of H-pyrrole nitrogens is 1. The van der Waals surface area contributed by atoms with Crippen molar-refractivity contribution in [3.05, 3.63) is 36.0 Å². The van der Waals surface area contributed by atoms with E-state index in [1.165, 1.54) is 0 Å². The van der Waals surface area contributed by atoms with E-state index >= 15 is 0 Å². The standard InChI is InChI=1S/C18H25N3O3/c1-11(2)16(23)18(3,4)10-19-17(24)14-9-13(20-21-14)12-7-5-6-8-15(12)22/h5-9,11,16,22-23H,10H2,1-4H3,(H,19,24)(H,20,21). The highest BCUT2D eigenvalue weighted by molar-refractivity contribution is 5.93. The topological polar surface area (TPSA) is 98.2 Å². The number of nitrogens with one attached hydrogen (secondary N) is 2. The van der Waals surface area contributed by atoms with Crippen LogP contribution in [0.5, 0.6) is 5.75 Å². The summed E-state index contributed by atoms with van der Waals surface area (Å²) in [6.45, 7) is 8.07. The minimum absolute atomic E-state index is 0.108. The van der Waals surface area contributed by atoms with Gasteiger partial charge in [-0.05, 0) is 24.1 Å². The van der Waals surface area contributed by atoms with Gasteiger partial charge in [0.05, 0.1) is 11.8 Å². The van der Waals surface area contributed by atoms with Gasteiger partial charge in [0.2, 0.25) is 0 Å². The zero-order chi connectivity index (χ0) is 17.9. The van der Waals surface area contributed by atoms with Gasteiger partial charge >= 0.3 is 0 Å². The Morgan fingerprint density at radius 1 is 1.33 bits per heavy atom. The first-order chi connectivity index (χ1) is 11.2. The Balaban J connectivity index is 2.06. The molecular formula is C18H25N3O3. The number of rotatable bonds is 6. The van der Waals surface area contributed by atoms with Gasteiger partial charge in [-0.25, -0.2) is 0 Å². The summed E-state index contributed by atoms with van der Waals surface area (Å²) in [5.74, 6) is -0.0814. The van der Waals surface area contributed by atoms with Gasteiger partial charge in [0.1, 0.15) is 11.4 Å². The zero-order valence-electron chi connectivity index (χ0n) is 14.5. The first-order valence-electron chi connectivity index (χ1n) is 8.02. The maximum absolute atomic E-state index is 12.3. The summed E-state index contributed by atoms with van der Waals surface area (Å²) in [6.07, 6.45) is -0.517. The third-order valence-corrected chi connectivity index (χ3v) is 4.14. The molecule has 0 saturated carbocycles. The number of para-hydroxylation sites is 1. The van der Waals surface area contributed by atoms with Gasteiger partial charge in [0.15, 0.2) is 0 Å². The Bertz CT molecular complexity index is 707. The number of phenols is 1.